The summed E-state index contributed by atoms with van der Waals surface area (Å²) in [5.41, 5.74) is 6.55. The highest BCUT2D eigenvalue weighted by Gasteiger charge is 2.25. The topological polar surface area (TPSA) is 54.0 Å². The first-order valence-electron chi connectivity index (χ1n) is 9.51. The molecule has 1 heterocycles. The van der Waals surface area contributed by atoms with E-state index < -0.39 is 5.63 Å². The van der Waals surface area contributed by atoms with Crippen molar-refractivity contribution in [3.8, 4) is 17.2 Å². The largest absolute Gasteiger partial charge is 0.422 e. The molecule has 1 aromatic heterocycles. The number of hydrogen-bond acceptors (Lipinski definition) is 3. The summed E-state index contributed by atoms with van der Waals surface area (Å²) in [6.07, 6.45) is 4.69. The van der Waals surface area contributed by atoms with Crippen molar-refractivity contribution >= 4 is 11.6 Å². The third kappa shape index (κ3) is 3.30. The fourth-order valence-corrected chi connectivity index (χ4v) is 3.78. The molecule has 3 nitrogen and oxygen atoms in total. The lowest BCUT2D eigenvalue weighted by atomic mass is 9.85. The van der Waals surface area contributed by atoms with Crippen LogP contribution in [-0.4, -0.2) is 0 Å². The molecule has 1 aliphatic carbocycles. The number of benzene rings is 2. The maximum Gasteiger partial charge on any atom is 0.354 e. The summed E-state index contributed by atoms with van der Waals surface area (Å²) in [7, 11) is 0. The summed E-state index contributed by atoms with van der Waals surface area (Å²) in [6.45, 7) is 4.08. The Kier molecular flexibility index (Phi) is 4.71. The average molecular weight is 367 g/mol. The second kappa shape index (κ2) is 7.32. The van der Waals surface area contributed by atoms with Crippen molar-refractivity contribution in [3.63, 3.8) is 0 Å². The minimum absolute atomic E-state index is 0.0965. The van der Waals surface area contributed by atoms with Crippen LogP contribution in [0.2, 0.25) is 0 Å². The van der Waals surface area contributed by atoms with Gasteiger partial charge < -0.3 is 4.42 Å². The van der Waals surface area contributed by atoms with Gasteiger partial charge in [-0.1, -0.05) is 59.7 Å². The smallest absolute Gasteiger partial charge is 0.354 e. The number of rotatable bonds is 2. The van der Waals surface area contributed by atoms with Crippen LogP contribution in [0, 0.1) is 25.2 Å². The van der Waals surface area contributed by atoms with Gasteiger partial charge in [0.1, 0.15) is 17.4 Å². The Morgan fingerprint density at radius 3 is 2.25 bits per heavy atom. The number of nitrogens with zero attached hydrogens (tertiary/aromatic N) is 1. The third-order valence-corrected chi connectivity index (χ3v) is 5.26. The highest BCUT2D eigenvalue weighted by Crippen LogP contribution is 2.38. The molecule has 28 heavy (non-hydrogen) atoms. The van der Waals surface area contributed by atoms with Gasteiger partial charge in [0.25, 0.3) is 0 Å². The van der Waals surface area contributed by atoms with Crippen molar-refractivity contribution in [3.05, 3.63) is 92.5 Å². The van der Waals surface area contributed by atoms with Gasteiger partial charge in [-0.05, 0) is 55.9 Å². The van der Waals surface area contributed by atoms with Crippen LogP contribution < -0.4 is 5.63 Å². The Balaban J connectivity index is 1.94. The van der Waals surface area contributed by atoms with Crippen molar-refractivity contribution in [2.45, 2.75) is 33.1 Å². The lowest BCUT2D eigenvalue weighted by Gasteiger charge is -2.21. The second-order valence-corrected chi connectivity index (χ2v) is 7.36. The van der Waals surface area contributed by atoms with Crippen LogP contribution in [0.25, 0.3) is 22.8 Å². The van der Waals surface area contributed by atoms with Gasteiger partial charge in [0, 0.05) is 11.1 Å². The SMILES string of the molecule is Cc1ccc(/C=C2\CCCc3c2oc(=O)c(C#N)c3-c2ccc(C)cc2)cc1. The predicted octanol–water partition coefficient (Wildman–Crippen LogP) is 5.67. The van der Waals surface area contributed by atoms with Crippen LogP contribution in [0.5, 0.6) is 0 Å². The average Bonchev–Trinajstić information content (AvgIpc) is 2.70. The molecule has 4 rings (SSSR count). The zero-order chi connectivity index (χ0) is 19.7. The van der Waals surface area contributed by atoms with Crippen LogP contribution in [-0.2, 0) is 6.42 Å². The van der Waals surface area contributed by atoms with E-state index in [0.29, 0.717) is 5.76 Å². The molecule has 2 aromatic carbocycles. The third-order valence-electron chi connectivity index (χ3n) is 5.26. The van der Waals surface area contributed by atoms with E-state index in [-0.39, 0.29) is 5.56 Å². The highest BCUT2D eigenvalue weighted by molar-refractivity contribution is 5.86. The fraction of sp³-hybridized carbons (Fsp3) is 0.200. The number of allylic oxidation sites excluding steroid dienone is 1. The Labute approximate surface area is 164 Å². The van der Waals surface area contributed by atoms with Crippen molar-refractivity contribution < 1.29 is 4.42 Å². The maximum absolute atomic E-state index is 12.6. The van der Waals surface area contributed by atoms with E-state index in [1.165, 1.54) is 5.56 Å². The first-order valence-corrected chi connectivity index (χ1v) is 9.51. The lowest BCUT2D eigenvalue weighted by molar-refractivity contribution is 0.479. The van der Waals surface area contributed by atoms with Gasteiger partial charge in [-0.15, -0.1) is 0 Å². The molecule has 0 bridgehead atoms. The summed E-state index contributed by atoms with van der Waals surface area (Å²) < 4.78 is 5.67. The summed E-state index contributed by atoms with van der Waals surface area (Å²) >= 11 is 0. The standard InChI is InChI=1S/C25H21NO2/c1-16-6-10-18(11-7-16)14-20-4-3-5-21-23(19-12-8-17(2)9-13-19)22(15-26)25(27)28-24(20)21/h6-14H,3-5H2,1-2H3/b20-14+. The Hall–Kier alpha value is -3.38. The molecule has 138 valence electrons. The van der Waals surface area contributed by atoms with E-state index >= 15 is 0 Å². The van der Waals surface area contributed by atoms with Gasteiger partial charge in [0.15, 0.2) is 0 Å². The molecule has 0 fully saturated rings. The van der Waals surface area contributed by atoms with Crippen LogP contribution in [0.3, 0.4) is 0 Å². The molecule has 0 spiro atoms. The molecule has 0 aliphatic heterocycles. The van der Waals surface area contributed by atoms with E-state index in [1.807, 2.05) is 31.2 Å². The lowest BCUT2D eigenvalue weighted by Crippen LogP contribution is -2.15. The molecule has 0 radical (unpaired) electrons. The minimum atomic E-state index is -0.562. The van der Waals surface area contributed by atoms with Gasteiger partial charge in [0.2, 0.25) is 0 Å². The van der Waals surface area contributed by atoms with Gasteiger partial charge in [-0.2, -0.15) is 5.26 Å². The van der Waals surface area contributed by atoms with E-state index in [9.17, 15) is 10.1 Å². The zero-order valence-electron chi connectivity index (χ0n) is 16.1. The predicted molar refractivity (Wildman–Crippen MR) is 112 cm³/mol. The minimum Gasteiger partial charge on any atom is -0.422 e. The van der Waals surface area contributed by atoms with Gasteiger partial charge >= 0.3 is 5.63 Å². The van der Waals surface area contributed by atoms with Crippen molar-refractivity contribution in [2.75, 3.05) is 0 Å². The van der Waals surface area contributed by atoms with E-state index in [2.05, 4.69) is 43.3 Å². The molecule has 3 aromatic rings. The molecule has 0 atom stereocenters. The first-order chi connectivity index (χ1) is 13.6. The molecule has 0 amide bonds. The van der Waals surface area contributed by atoms with E-state index in [4.69, 9.17) is 4.42 Å². The summed E-state index contributed by atoms with van der Waals surface area (Å²) in [6, 6.07) is 18.3. The molecule has 0 saturated carbocycles. The summed E-state index contributed by atoms with van der Waals surface area (Å²) in [5, 5.41) is 9.62. The van der Waals surface area contributed by atoms with Crippen molar-refractivity contribution in [1.82, 2.24) is 0 Å². The second-order valence-electron chi connectivity index (χ2n) is 7.36. The van der Waals surface area contributed by atoms with Gasteiger partial charge in [-0.25, -0.2) is 4.79 Å². The van der Waals surface area contributed by atoms with Crippen LogP contribution in [0.1, 0.15) is 46.4 Å². The van der Waals surface area contributed by atoms with E-state index in [1.54, 1.807) is 0 Å². The highest BCUT2D eigenvalue weighted by atomic mass is 16.4. The number of fused-ring (bicyclic) bond motifs is 1. The fourth-order valence-electron chi connectivity index (χ4n) is 3.78. The normalized spacial score (nSPS) is 14.5. The molecule has 0 unspecified atom stereocenters. The van der Waals surface area contributed by atoms with Gasteiger partial charge in [-0.3, -0.25) is 0 Å². The Morgan fingerprint density at radius 2 is 1.61 bits per heavy atom. The Morgan fingerprint density at radius 1 is 0.964 bits per heavy atom. The number of aryl methyl sites for hydroxylation is 2. The van der Waals surface area contributed by atoms with E-state index in [0.717, 1.165) is 52.7 Å². The molecule has 0 N–H and O–H groups in total. The molecule has 0 saturated heterocycles. The maximum atomic E-state index is 12.6. The molecule has 1 aliphatic rings. The van der Waals surface area contributed by atoms with Gasteiger partial charge in [0.05, 0.1) is 0 Å². The Bertz CT molecular complexity index is 1160. The van der Waals surface area contributed by atoms with Crippen molar-refractivity contribution in [1.29, 1.82) is 5.26 Å². The van der Waals surface area contributed by atoms with Crippen LogP contribution in [0.15, 0.2) is 57.7 Å². The monoisotopic (exact) mass is 367 g/mol. The summed E-state index contributed by atoms with van der Waals surface area (Å²) in [4.78, 5) is 12.6. The molecular formula is C25H21NO2. The van der Waals surface area contributed by atoms with Crippen LogP contribution in [0.4, 0.5) is 0 Å². The molecule has 3 heteroatoms. The zero-order valence-corrected chi connectivity index (χ0v) is 16.1. The molecular weight excluding hydrogens is 346 g/mol. The van der Waals surface area contributed by atoms with Crippen LogP contribution >= 0.6 is 0 Å². The summed E-state index contributed by atoms with van der Waals surface area (Å²) in [5.74, 6) is 0.631. The number of nitriles is 1. The first kappa shape index (κ1) is 18.0. The quantitative estimate of drug-likeness (QED) is 0.586. The van der Waals surface area contributed by atoms with Crippen molar-refractivity contribution in [2.24, 2.45) is 0 Å². The number of hydrogen-bond donors (Lipinski definition) is 0.